The number of carbonyl (C=O) groups is 1. The number of hydrogen-bond donors (Lipinski definition) is 2. The lowest BCUT2D eigenvalue weighted by Crippen LogP contribution is -2.44. The first-order valence-corrected chi connectivity index (χ1v) is 13.4. The molecule has 0 aromatic heterocycles. The molecule has 3 aliphatic rings. The van der Waals surface area contributed by atoms with Gasteiger partial charge in [-0.05, 0) is 78.0 Å². The number of nitrogens with zero attached hydrogens (tertiary/aromatic N) is 1. The highest BCUT2D eigenvalue weighted by atomic mass is 19.1. The van der Waals surface area contributed by atoms with Crippen molar-refractivity contribution in [1.82, 2.24) is 5.32 Å². The van der Waals surface area contributed by atoms with E-state index in [1.807, 2.05) is 27.0 Å². The third-order valence-corrected chi connectivity index (χ3v) is 8.56. The molecule has 6 heteroatoms. The van der Waals surface area contributed by atoms with Gasteiger partial charge in [-0.1, -0.05) is 63.6 Å². The minimum absolute atomic E-state index is 0.0676. The van der Waals surface area contributed by atoms with Crippen LogP contribution in [-0.2, 0) is 6.42 Å². The molecule has 3 atom stereocenters. The molecule has 3 unspecified atom stereocenters. The van der Waals surface area contributed by atoms with Crippen molar-refractivity contribution in [3.05, 3.63) is 93.6 Å². The van der Waals surface area contributed by atoms with Gasteiger partial charge in [0, 0.05) is 18.2 Å². The Hall–Kier alpha value is -3.12. The van der Waals surface area contributed by atoms with E-state index in [0.717, 1.165) is 23.1 Å². The molecule has 0 bridgehead atoms. The van der Waals surface area contributed by atoms with Gasteiger partial charge < -0.3 is 10.4 Å². The molecule has 1 saturated carbocycles. The Bertz CT molecular complexity index is 1350. The van der Waals surface area contributed by atoms with E-state index in [0.29, 0.717) is 37.8 Å². The highest BCUT2D eigenvalue weighted by molar-refractivity contribution is 5.96. The molecule has 0 saturated heterocycles. The Balaban J connectivity index is 1.35. The number of rotatable bonds is 6. The Morgan fingerprint density at radius 1 is 1.16 bits per heavy atom. The summed E-state index contributed by atoms with van der Waals surface area (Å²) in [6.45, 7) is 8.58. The average molecular weight is 519 g/mol. The Labute approximate surface area is 223 Å². The van der Waals surface area contributed by atoms with Crippen molar-refractivity contribution in [1.29, 1.82) is 0 Å². The molecule has 2 aliphatic carbocycles. The van der Waals surface area contributed by atoms with Crippen LogP contribution in [0.15, 0.2) is 70.3 Å². The summed E-state index contributed by atoms with van der Waals surface area (Å²) in [7, 11) is 0. The van der Waals surface area contributed by atoms with Crippen molar-refractivity contribution in [3.8, 4) is 0 Å². The summed E-state index contributed by atoms with van der Waals surface area (Å²) in [5.74, 6) is -1.23. The van der Waals surface area contributed by atoms with Crippen LogP contribution in [0.25, 0.3) is 0 Å². The maximum Gasteiger partial charge on any atom is 0.254 e. The molecule has 2 N–H and O–H groups in total. The van der Waals surface area contributed by atoms with Crippen LogP contribution in [0.4, 0.5) is 8.78 Å². The summed E-state index contributed by atoms with van der Waals surface area (Å²) in [4.78, 5) is 17.6. The van der Waals surface area contributed by atoms with Crippen LogP contribution in [0, 0.1) is 22.5 Å². The summed E-state index contributed by atoms with van der Waals surface area (Å²) in [6, 6.07) is 11.0. The third kappa shape index (κ3) is 4.75. The number of nitrogens with one attached hydrogen (secondary N) is 1. The molecular formula is C32H36F2N2O2. The summed E-state index contributed by atoms with van der Waals surface area (Å²) < 4.78 is 28.3. The largest absolute Gasteiger partial charge is 0.389 e. The quantitative estimate of drug-likeness (QED) is 0.449. The molecule has 38 heavy (non-hydrogen) atoms. The number of aliphatic hydroxyl groups is 1. The highest BCUT2D eigenvalue weighted by Crippen LogP contribution is 2.59. The monoisotopic (exact) mass is 518 g/mol. The standard InChI is InChI=1S/C32H36F2N2O2/c1-30(2,3)19-36-29(37)27-20(6-5-7-26(27)34)12-14-32(38)15-13-23-16-25-22(17-31(23,32)4)18-35-28(25)21-8-10-24(33)11-9-21/h5-11,16,18,28,38H,12-15,17,19H2,1-4H3,(H,36,37). The van der Waals surface area contributed by atoms with Crippen molar-refractivity contribution in [2.24, 2.45) is 15.8 Å². The lowest BCUT2D eigenvalue weighted by Gasteiger charge is -2.43. The second kappa shape index (κ2) is 9.57. The summed E-state index contributed by atoms with van der Waals surface area (Å²) in [5, 5.41) is 14.9. The molecule has 5 rings (SSSR count). The van der Waals surface area contributed by atoms with E-state index in [1.54, 1.807) is 24.3 Å². The number of halogens is 2. The first kappa shape index (κ1) is 26.5. The van der Waals surface area contributed by atoms with Gasteiger partial charge in [-0.2, -0.15) is 0 Å². The fourth-order valence-corrected chi connectivity index (χ4v) is 6.20. The fourth-order valence-electron chi connectivity index (χ4n) is 6.20. The highest BCUT2D eigenvalue weighted by Gasteiger charge is 2.55. The predicted octanol–water partition coefficient (Wildman–Crippen LogP) is 6.66. The van der Waals surface area contributed by atoms with Gasteiger partial charge in [0.25, 0.3) is 5.91 Å². The van der Waals surface area contributed by atoms with Gasteiger partial charge >= 0.3 is 0 Å². The van der Waals surface area contributed by atoms with Gasteiger partial charge in [0.15, 0.2) is 0 Å². The zero-order valence-corrected chi connectivity index (χ0v) is 22.6. The van der Waals surface area contributed by atoms with E-state index >= 15 is 0 Å². The number of hydrogen-bond acceptors (Lipinski definition) is 3. The van der Waals surface area contributed by atoms with Crippen LogP contribution in [0.5, 0.6) is 0 Å². The number of benzene rings is 2. The Morgan fingerprint density at radius 3 is 2.61 bits per heavy atom. The first-order valence-electron chi connectivity index (χ1n) is 13.4. The van der Waals surface area contributed by atoms with E-state index in [4.69, 9.17) is 4.99 Å². The van der Waals surface area contributed by atoms with Gasteiger partial charge in [0.1, 0.15) is 17.7 Å². The summed E-state index contributed by atoms with van der Waals surface area (Å²) in [6.07, 6.45) is 6.93. The van der Waals surface area contributed by atoms with Crippen LogP contribution in [0.2, 0.25) is 0 Å². The van der Waals surface area contributed by atoms with Gasteiger partial charge in [-0.25, -0.2) is 8.78 Å². The van der Waals surface area contributed by atoms with Gasteiger partial charge in [-0.3, -0.25) is 9.79 Å². The molecule has 0 spiro atoms. The average Bonchev–Trinajstić information content (AvgIpc) is 3.37. The van der Waals surface area contributed by atoms with Gasteiger partial charge in [-0.15, -0.1) is 0 Å². The van der Waals surface area contributed by atoms with E-state index < -0.39 is 22.7 Å². The minimum atomic E-state index is -0.995. The lowest BCUT2D eigenvalue weighted by molar-refractivity contribution is -0.0459. The van der Waals surface area contributed by atoms with Gasteiger partial charge in [0.05, 0.1) is 11.2 Å². The van der Waals surface area contributed by atoms with Crippen LogP contribution >= 0.6 is 0 Å². The molecule has 1 fully saturated rings. The Kier molecular flexibility index (Phi) is 6.67. The van der Waals surface area contributed by atoms with E-state index in [9.17, 15) is 18.7 Å². The smallest absolute Gasteiger partial charge is 0.254 e. The van der Waals surface area contributed by atoms with Crippen LogP contribution < -0.4 is 5.32 Å². The van der Waals surface area contributed by atoms with Crippen molar-refractivity contribution >= 4 is 12.1 Å². The third-order valence-electron chi connectivity index (χ3n) is 8.56. The molecule has 200 valence electrons. The topological polar surface area (TPSA) is 61.7 Å². The maximum atomic E-state index is 14.8. The zero-order valence-electron chi connectivity index (χ0n) is 22.6. The number of aliphatic imine (C=N–C) groups is 1. The van der Waals surface area contributed by atoms with Crippen LogP contribution in [0.3, 0.4) is 0 Å². The van der Waals surface area contributed by atoms with E-state index in [1.165, 1.54) is 23.8 Å². The molecule has 2 aromatic carbocycles. The van der Waals surface area contributed by atoms with Crippen molar-refractivity contribution in [3.63, 3.8) is 0 Å². The van der Waals surface area contributed by atoms with E-state index in [2.05, 4.69) is 18.3 Å². The number of carbonyl (C=O) groups excluding carboxylic acids is 1. The van der Waals surface area contributed by atoms with Crippen LogP contribution in [0.1, 0.15) is 80.9 Å². The number of fused-ring (bicyclic) bond motifs is 1. The van der Waals surface area contributed by atoms with Crippen molar-refractivity contribution < 1.29 is 18.7 Å². The molecule has 2 aromatic rings. The van der Waals surface area contributed by atoms with E-state index in [-0.39, 0.29) is 22.8 Å². The molecular weight excluding hydrogens is 482 g/mol. The van der Waals surface area contributed by atoms with Crippen molar-refractivity contribution in [2.45, 2.75) is 71.4 Å². The van der Waals surface area contributed by atoms with Crippen molar-refractivity contribution in [2.75, 3.05) is 6.54 Å². The molecule has 1 amide bonds. The maximum absolute atomic E-state index is 14.8. The van der Waals surface area contributed by atoms with Gasteiger partial charge in [0.2, 0.25) is 0 Å². The fraction of sp³-hybridized carbons (Fsp3) is 0.438. The molecule has 1 aliphatic heterocycles. The second-order valence-corrected chi connectivity index (χ2v) is 12.4. The molecule has 1 heterocycles. The first-order chi connectivity index (χ1) is 17.9. The SMILES string of the molecule is CC(C)(C)CNC(=O)c1c(F)cccc1CCC1(O)CCC2=CC3=C(C=NC3c3ccc(F)cc3)CC21C. The number of amides is 1. The number of allylic oxidation sites excluding steroid dienone is 1. The predicted molar refractivity (Wildman–Crippen MR) is 146 cm³/mol. The normalized spacial score (nSPS) is 26.3. The summed E-state index contributed by atoms with van der Waals surface area (Å²) >= 11 is 0. The summed E-state index contributed by atoms with van der Waals surface area (Å²) in [5.41, 5.74) is 3.45. The van der Waals surface area contributed by atoms with Crippen LogP contribution in [-0.4, -0.2) is 29.4 Å². The molecule has 4 nitrogen and oxygen atoms in total. The molecule has 0 radical (unpaired) electrons. The second-order valence-electron chi connectivity index (χ2n) is 12.4. The Morgan fingerprint density at radius 2 is 1.89 bits per heavy atom. The number of aryl methyl sites for hydroxylation is 1. The lowest BCUT2D eigenvalue weighted by atomic mass is 9.64. The minimum Gasteiger partial charge on any atom is -0.389 e. The zero-order chi connectivity index (χ0) is 27.3.